The van der Waals surface area contributed by atoms with E-state index in [4.69, 9.17) is 4.74 Å². The van der Waals surface area contributed by atoms with E-state index in [-0.39, 0.29) is 12.1 Å². The molecule has 1 unspecified atom stereocenters. The van der Waals surface area contributed by atoms with Gasteiger partial charge in [0.15, 0.2) is 0 Å². The second-order valence-electron chi connectivity index (χ2n) is 4.40. The van der Waals surface area contributed by atoms with Crippen molar-refractivity contribution in [2.75, 3.05) is 17.2 Å². The van der Waals surface area contributed by atoms with Gasteiger partial charge in [0, 0.05) is 18.7 Å². The SMILES string of the molecule is CC1CC2=C(CNc3ccccc3N2)C(=O)O1. The van der Waals surface area contributed by atoms with E-state index in [9.17, 15) is 4.79 Å². The molecule has 1 atom stereocenters. The molecule has 0 radical (unpaired) electrons. The number of ether oxygens (including phenoxy) is 1. The third-order valence-corrected chi connectivity index (χ3v) is 3.08. The van der Waals surface area contributed by atoms with E-state index >= 15 is 0 Å². The minimum Gasteiger partial charge on any atom is -0.459 e. The zero-order valence-electron chi connectivity index (χ0n) is 9.62. The lowest BCUT2D eigenvalue weighted by atomic mass is 10.1. The van der Waals surface area contributed by atoms with Crippen LogP contribution in [0.2, 0.25) is 0 Å². The third-order valence-electron chi connectivity index (χ3n) is 3.08. The highest BCUT2D eigenvalue weighted by molar-refractivity contribution is 5.93. The molecule has 0 aromatic heterocycles. The molecule has 0 spiro atoms. The van der Waals surface area contributed by atoms with Gasteiger partial charge in [-0.1, -0.05) is 12.1 Å². The Balaban J connectivity index is 2.00. The maximum Gasteiger partial charge on any atom is 0.337 e. The van der Waals surface area contributed by atoms with Crippen LogP contribution in [0.3, 0.4) is 0 Å². The Morgan fingerprint density at radius 3 is 2.88 bits per heavy atom. The molecule has 0 aliphatic carbocycles. The highest BCUT2D eigenvalue weighted by Gasteiger charge is 2.28. The molecule has 1 aromatic rings. The number of carbonyl (C=O) groups excluding carboxylic acids is 1. The molecule has 0 saturated carbocycles. The van der Waals surface area contributed by atoms with E-state index in [2.05, 4.69) is 10.6 Å². The average molecular weight is 230 g/mol. The Kier molecular flexibility index (Phi) is 2.28. The van der Waals surface area contributed by atoms with Crippen LogP contribution in [0.25, 0.3) is 0 Å². The third kappa shape index (κ3) is 1.75. The number of benzene rings is 1. The van der Waals surface area contributed by atoms with Crippen LogP contribution in [-0.4, -0.2) is 18.6 Å². The molecule has 0 amide bonds. The molecule has 1 aromatic carbocycles. The number of anilines is 2. The molecule has 4 heteroatoms. The van der Waals surface area contributed by atoms with Gasteiger partial charge in [-0.15, -0.1) is 0 Å². The van der Waals surface area contributed by atoms with Crippen molar-refractivity contribution in [3.05, 3.63) is 35.5 Å². The number of hydrogen-bond acceptors (Lipinski definition) is 4. The maximum absolute atomic E-state index is 11.8. The summed E-state index contributed by atoms with van der Waals surface area (Å²) >= 11 is 0. The van der Waals surface area contributed by atoms with E-state index in [0.29, 0.717) is 12.1 Å². The van der Waals surface area contributed by atoms with Crippen molar-refractivity contribution in [2.45, 2.75) is 19.4 Å². The summed E-state index contributed by atoms with van der Waals surface area (Å²) in [7, 11) is 0. The fourth-order valence-electron chi connectivity index (χ4n) is 2.23. The zero-order chi connectivity index (χ0) is 11.8. The molecule has 4 nitrogen and oxygen atoms in total. The fourth-order valence-corrected chi connectivity index (χ4v) is 2.23. The quantitative estimate of drug-likeness (QED) is 0.670. The Morgan fingerprint density at radius 2 is 2.06 bits per heavy atom. The number of cyclic esters (lactones) is 1. The van der Waals surface area contributed by atoms with Crippen LogP contribution >= 0.6 is 0 Å². The first-order chi connectivity index (χ1) is 8.24. The van der Waals surface area contributed by atoms with Crippen molar-refractivity contribution in [3.8, 4) is 0 Å². The fraction of sp³-hybridized carbons (Fsp3) is 0.308. The van der Waals surface area contributed by atoms with Crippen LogP contribution < -0.4 is 10.6 Å². The van der Waals surface area contributed by atoms with Crippen molar-refractivity contribution < 1.29 is 9.53 Å². The second-order valence-corrected chi connectivity index (χ2v) is 4.40. The normalized spacial score (nSPS) is 22.6. The molecule has 2 heterocycles. The van der Waals surface area contributed by atoms with Gasteiger partial charge in [-0.25, -0.2) is 4.79 Å². The number of carbonyl (C=O) groups is 1. The first-order valence-electron chi connectivity index (χ1n) is 5.77. The van der Waals surface area contributed by atoms with Crippen molar-refractivity contribution in [2.24, 2.45) is 0 Å². The van der Waals surface area contributed by atoms with Crippen LogP contribution in [0, 0.1) is 0 Å². The summed E-state index contributed by atoms with van der Waals surface area (Å²) in [5.41, 5.74) is 3.72. The molecule has 2 aliphatic rings. The van der Waals surface area contributed by atoms with Gasteiger partial charge in [0.25, 0.3) is 0 Å². The van der Waals surface area contributed by atoms with Gasteiger partial charge in [-0.3, -0.25) is 0 Å². The van der Waals surface area contributed by atoms with Crippen LogP contribution in [0.1, 0.15) is 13.3 Å². The van der Waals surface area contributed by atoms with Crippen LogP contribution in [0.5, 0.6) is 0 Å². The van der Waals surface area contributed by atoms with Gasteiger partial charge < -0.3 is 15.4 Å². The monoisotopic (exact) mass is 230 g/mol. The first-order valence-corrected chi connectivity index (χ1v) is 5.77. The largest absolute Gasteiger partial charge is 0.459 e. The first kappa shape index (κ1) is 10.2. The Hall–Kier alpha value is -1.97. The number of nitrogens with one attached hydrogen (secondary N) is 2. The lowest BCUT2D eigenvalue weighted by Crippen LogP contribution is -2.28. The molecule has 0 fully saturated rings. The summed E-state index contributed by atoms with van der Waals surface area (Å²) in [5, 5.41) is 6.59. The zero-order valence-corrected chi connectivity index (χ0v) is 9.62. The summed E-state index contributed by atoms with van der Waals surface area (Å²) in [4.78, 5) is 11.8. The highest BCUT2D eigenvalue weighted by Crippen LogP contribution is 2.31. The highest BCUT2D eigenvalue weighted by atomic mass is 16.5. The standard InChI is InChI=1S/C13H14N2O2/c1-8-6-12-9(13(16)17-8)7-14-10-4-2-3-5-11(10)15-12/h2-5,8,14-15H,6-7H2,1H3. The van der Waals surface area contributed by atoms with Gasteiger partial charge in [-0.2, -0.15) is 0 Å². The second kappa shape index (κ2) is 3.80. The molecule has 0 bridgehead atoms. The number of fused-ring (bicyclic) bond motifs is 1. The Morgan fingerprint density at radius 1 is 1.29 bits per heavy atom. The smallest absolute Gasteiger partial charge is 0.337 e. The van der Waals surface area contributed by atoms with Crippen molar-refractivity contribution in [3.63, 3.8) is 0 Å². The number of hydrogen-bond donors (Lipinski definition) is 2. The molecule has 88 valence electrons. The van der Waals surface area contributed by atoms with Crippen molar-refractivity contribution in [1.29, 1.82) is 0 Å². The van der Waals surface area contributed by atoms with E-state index < -0.39 is 0 Å². The van der Waals surface area contributed by atoms with Crippen LogP contribution in [0.15, 0.2) is 35.5 Å². The molecule has 3 rings (SSSR count). The topological polar surface area (TPSA) is 50.4 Å². The number of para-hydroxylation sites is 2. The number of rotatable bonds is 0. The maximum atomic E-state index is 11.8. The van der Waals surface area contributed by atoms with Crippen molar-refractivity contribution >= 4 is 17.3 Å². The summed E-state index contributed by atoms with van der Waals surface area (Å²) in [5.74, 6) is -0.216. The molecule has 17 heavy (non-hydrogen) atoms. The van der Waals surface area contributed by atoms with Gasteiger partial charge in [-0.05, 0) is 19.1 Å². The van der Waals surface area contributed by atoms with Crippen LogP contribution in [0.4, 0.5) is 11.4 Å². The van der Waals surface area contributed by atoms with Crippen molar-refractivity contribution in [1.82, 2.24) is 0 Å². The Labute approximate surface area is 99.7 Å². The van der Waals surface area contributed by atoms with Gasteiger partial charge in [0.05, 0.1) is 16.9 Å². The summed E-state index contributed by atoms with van der Waals surface area (Å²) in [6.07, 6.45) is 0.691. The van der Waals surface area contributed by atoms with E-state index in [1.165, 1.54) is 0 Å². The van der Waals surface area contributed by atoms with E-state index in [0.717, 1.165) is 23.5 Å². The minimum absolute atomic E-state index is 0.0565. The van der Waals surface area contributed by atoms with Crippen LogP contribution in [-0.2, 0) is 9.53 Å². The predicted molar refractivity (Wildman–Crippen MR) is 65.8 cm³/mol. The average Bonchev–Trinajstić information content (AvgIpc) is 2.47. The lowest BCUT2D eigenvalue weighted by molar-refractivity contribution is -0.144. The summed E-state index contributed by atoms with van der Waals surface area (Å²) < 4.78 is 5.23. The molecule has 2 aliphatic heterocycles. The van der Waals surface area contributed by atoms with Gasteiger partial charge >= 0.3 is 5.97 Å². The molecular weight excluding hydrogens is 216 g/mol. The number of esters is 1. The van der Waals surface area contributed by atoms with Gasteiger partial charge in [0.1, 0.15) is 6.10 Å². The van der Waals surface area contributed by atoms with E-state index in [1.54, 1.807) is 0 Å². The summed E-state index contributed by atoms with van der Waals surface area (Å²) in [6.45, 7) is 2.43. The minimum atomic E-state index is -0.216. The summed E-state index contributed by atoms with van der Waals surface area (Å²) in [6, 6.07) is 7.95. The predicted octanol–water partition coefficient (Wildman–Crippen LogP) is 2.11. The van der Waals surface area contributed by atoms with Gasteiger partial charge in [0.2, 0.25) is 0 Å². The lowest BCUT2D eigenvalue weighted by Gasteiger charge is -2.23. The Bertz CT molecular complexity index is 508. The molecule has 2 N–H and O–H groups in total. The molecule has 0 saturated heterocycles. The van der Waals surface area contributed by atoms with E-state index in [1.807, 2.05) is 31.2 Å². The molecular formula is C13H14N2O2.